The third-order valence-corrected chi connectivity index (χ3v) is 3.10. The van der Waals surface area contributed by atoms with Gasteiger partial charge in [-0.1, -0.05) is 32.0 Å². The molecule has 1 amide bonds. The van der Waals surface area contributed by atoms with Gasteiger partial charge in [0.15, 0.2) is 0 Å². The first-order chi connectivity index (χ1) is 9.56. The Hall–Kier alpha value is -2.07. The maximum absolute atomic E-state index is 11.6. The molecule has 0 saturated carbocycles. The second-order valence-electron chi connectivity index (χ2n) is 5.08. The number of hydrogen-bond donors (Lipinski definition) is 2. The summed E-state index contributed by atoms with van der Waals surface area (Å²) in [4.78, 5) is 11.6. The van der Waals surface area contributed by atoms with Gasteiger partial charge in [-0.15, -0.1) is 0 Å². The summed E-state index contributed by atoms with van der Waals surface area (Å²) in [5, 5.41) is 13.3. The van der Waals surface area contributed by atoms with Gasteiger partial charge in [-0.05, 0) is 24.1 Å². The van der Waals surface area contributed by atoms with E-state index >= 15 is 0 Å². The molecule has 4 heteroatoms. The molecule has 2 aromatic rings. The molecule has 0 aliphatic rings. The van der Waals surface area contributed by atoms with Gasteiger partial charge in [0.1, 0.15) is 11.3 Å². The number of benzene rings is 1. The summed E-state index contributed by atoms with van der Waals surface area (Å²) in [7, 11) is 0. The van der Waals surface area contributed by atoms with E-state index in [0.717, 1.165) is 11.0 Å². The number of aliphatic hydroxyl groups is 1. The van der Waals surface area contributed by atoms with Crippen molar-refractivity contribution in [3.8, 4) is 0 Å². The minimum Gasteiger partial charge on any atom is -0.457 e. The summed E-state index contributed by atoms with van der Waals surface area (Å²) >= 11 is 0. The van der Waals surface area contributed by atoms with E-state index in [1.807, 2.05) is 44.2 Å². The minimum atomic E-state index is -0.529. The first-order valence-corrected chi connectivity index (χ1v) is 6.69. The van der Waals surface area contributed by atoms with Crippen LogP contribution in [0.5, 0.6) is 0 Å². The predicted molar refractivity (Wildman–Crippen MR) is 79.1 cm³/mol. The molecule has 0 radical (unpaired) electrons. The Morgan fingerprint density at radius 2 is 2.15 bits per heavy atom. The first kappa shape index (κ1) is 14.3. The highest BCUT2D eigenvalue weighted by atomic mass is 16.3. The Labute approximate surface area is 118 Å². The van der Waals surface area contributed by atoms with Gasteiger partial charge in [-0.3, -0.25) is 4.79 Å². The van der Waals surface area contributed by atoms with Gasteiger partial charge >= 0.3 is 0 Å². The van der Waals surface area contributed by atoms with Crippen molar-refractivity contribution in [3.05, 3.63) is 42.2 Å². The standard InChI is InChI=1S/C16H19NO3/c1-11(2)14(18)10-17-16(19)8-7-13-9-12-5-3-4-6-15(12)20-13/h3-9,11,14,18H,10H2,1-2H3,(H,17,19)/b8-7+. The van der Waals surface area contributed by atoms with Crippen molar-refractivity contribution < 1.29 is 14.3 Å². The molecular formula is C16H19NO3. The Balaban J connectivity index is 1.93. The fourth-order valence-electron chi connectivity index (χ4n) is 1.74. The van der Waals surface area contributed by atoms with E-state index < -0.39 is 6.10 Å². The highest BCUT2D eigenvalue weighted by Gasteiger charge is 2.09. The molecule has 106 valence electrons. The molecule has 1 atom stereocenters. The fourth-order valence-corrected chi connectivity index (χ4v) is 1.74. The number of carbonyl (C=O) groups is 1. The smallest absolute Gasteiger partial charge is 0.244 e. The number of rotatable bonds is 5. The van der Waals surface area contributed by atoms with Crippen molar-refractivity contribution in [2.75, 3.05) is 6.54 Å². The number of furan rings is 1. The largest absolute Gasteiger partial charge is 0.457 e. The van der Waals surface area contributed by atoms with Crippen molar-refractivity contribution in [3.63, 3.8) is 0 Å². The van der Waals surface area contributed by atoms with Crippen LogP contribution in [0.1, 0.15) is 19.6 Å². The van der Waals surface area contributed by atoms with Crippen LogP contribution in [0, 0.1) is 5.92 Å². The molecule has 0 fully saturated rings. The van der Waals surface area contributed by atoms with Crippen molar-refractivity contribution in [1.29, 1.82) is 0 Å². The third kappa shape index (κ3) is 3.71. The molecule has 20 heavy (non-hydrogen) atoms. The highest BCUT2D eigenvalue weighted by molar-refractivity contribution is 5.92. The highest BCUT2D eigenvalue weighted by Crippen LogP contribution is 2.19. The van der Waals surface area contributed by atoms with E-state index in [1.165, 1.54) is 6.08 Å². The molecule has 0 spiro atoms. The van der Waals surface area contributed by atoms with Crippen molar-refractivity contribution in [2.24, 2.45) is 5.92 Å². The minimum absolute atomic E-state index is 0.120. The molecule has 0 aliphatic carbocycles. The van der Waals surface area contributed by atoms with Gasteiger partial charge < -0.3 is 14.8 Å². The van der Waals surface area contributed by atoms with Gasteiger partial charge in [0.25, 0.3) is 0 Å². The second kappa shape index (κ2) is 6.39. The van der Waals surface area contributed by atoms with Crippen LogP contribution < -0.4 is 5.32 Å². The number of para-hydroxylation sites is 1. The van der Waals surface area contributed by atoms with Crippen LogP contribution in [0.15, 0.2) is 40.8 Å². The predicted octanol–water partition coefficient (Wildman–Crippen LogP) is 2.58. The number of carbonyl (C=O) groups excluding carboxylic acids is 1. The lowest BCUT2D eigenvalue weighted by molar-refractivity contribution is -0.117. The quantitative estimate of drug-likeness (QED) is 0.823. The zero-order chi connectivity index (χ0) is 14.5. The molecule has 4 nitrogen and oxygen atoms in total. The normalized spacial score (nSPS) is 13.2. The average molecular weight is 273 g/mol. The molecule has 0 aliphatic heterocycles. The van der Waals surface area contributed by atoms with Crippen LogP contribution in [0.3, 0.4) is 0 Å². The number of nitrogens with one attached hydrogen (secondary N) is 1. The van der Waals surface area contributed by atoms with Gasteiger partial charge in [0.05, 0.1) is 6.10 Å². The molecular weight excluding hydrogens is 254 g/mol. The van der Waals surface area contributed by atoms with Crippen molar-refractivity contribution in [1.82, 2.24) is 5.32 Å². The van der Waals surface area contributed by atoms with E-state index in [-0.39, 0.29) is 18.4 Å². The molecule has 2 rings (SSSR count). The molecule has 1 unspecified atom stereocenters. The summed E-state index contributed by atoms with van der Waals surface area (Å²) in [6, 6.07) is 9.55. The van der Waals surface area contributed by atoms with Crippen LogP contribution in [0.25, 0.3) is 17.0 Å². The lowest BCUT2D eigenvalue weighted by atomic mass is 10.1. The third-order valence-electron chi connectivity index (χ3n) is 3.10. The monoisotopic (exact) mass is 273 g/mol. The van der Waals surface area contributed by atoms with Gasteiger partial charge in [0, 0.05) is 18.0 Å². The molecule has 1 aromatic heterocycles. The Bertz CT molecular complexity index is 580. The maximum atomic E-state index is 11.6. The van der Waals surface area contributed by atoms with Gasteiger partial charge in [-0.25, -0.2) is 0 Å². The SMILES string of the molecule is CC(C)C(O)CNC(=O)/C=C/c1cc2ccccc2o1. The summed E-state index contributed by atoms with van der Waals surface area (Å²) in [5.41, 5.74) is 0.794. The van der Waals surface area contributed by atoms with Crippen molar-refractivity contribution in [2.45, 2.75) is 20.0 Å². The summed E-state index contributed by atoms with van der Waals surface area (Å²) in [5.74, 6) is 0.505. The summed E-state index contributed by atoms with van der Waals surface area (Å²) in [6.07, 6.45) is 2.50. The van der Waals surface area contributed by atoms with Crippen LogP contribution in [-0.2, 0) is 4.79 Å². The van der Waals surface area contributed by atoms with E-state index in [1.54, 1.807) is 6.08 Å². The maximum Gasteiger partial charge on any atom is 0.244 e. The fraction of sp³-hybridized carbons (Fsp3) is 0.312. The lowest BCUT2D eigenvalue weighted by Gasteiger charge is -2.13. The van der Waals surface area contributed by atoms with Crippen LogP contribution in [-0.4, -0.2) is 23.7 Å². The topological polar surface area (TPSA) is 62.5 Å². The Kier molecular flexibility index (Phi) is 4.58. The molecule has 0 saturated heterocycles. The first-order valence-electron chi connectivity index (χ1n) is 6.69. The number of fused-ring (bicyclic) bond motifs is 1. The van der Waals surface area contributed by atoms with E-state index in [2.05, 4.69) is 5.32 Å². The molecule has 1 heterocycles. The van der Waals surface area contributed by atoms with E-state index in [0.29, 0.717) is 5.76 Å². The van der Waals surface area contributed by atoms with Crippen LogP contribution in [0.4, 0.5) is 0 Å². The second-order valence-corrected chi connectivity index (χ2v) is 5.08. The zero-order valence-electron chi connectivity index (χ0n) is 11.7. The lowest BCUT2D eigenvalue weighted by Crippen LogP contribution is -2.33. The van der Waals surface area contributed by atoms with Crippen molar-refractivity contribution >= 4 is 23.0 Å². The average Bonchev–Trinajstić information content (AvgIpc) is 2.85. The molecule has 0 bridgehead atoms. The summed E-state index contributed by atoms with van der Waals surface area (Å²) < 4.78 is 5.57. The number of amides is 1. The van der Waals surface area contributed by atoms with E-state index in [4.69, 9.17) is 4.42 Å². The molecule has 2 N–H and O–H groups in total. The number of aliphatic hydroxyl groups excluding tert-OH is 1. The van der Waals surface area contributed by atoms with Crippen LogP contribution >= 0.6 is 0 Å². The Morgan fingerprint density at radius 3 is 2.85 bits per heavy atom. The zero-order valence-corrected chi connectivity index (χ0v) is 11.7. The Morgan fingerprint density at radius 1 is 1.40 bits per heavy atom. The number of hydrogen-bond acceptors (Lipinski definition) is 3. The molecule has 1 aromatic carbocycles. The van der Waals surface area contributed by atoms with Crippen LogP contribution in [0.2, 0.25) is 0 Å². The summed E-state index contributed by atoms with van der Waals surface area (Å²) in [6.45, 7) is 4.06. The van der Waals surface area contributed by atoms with E-state index in [9.17, 15) is 9.90 Å². The van der Waals surface area contributed by atoms with Gasteiger partial charge in [-0.2, -0.15) is 0 Å². The van der Waals surface area contributed by atoms with Gasteiger partial charge in [0.2, 0.25) is 5.91 Å².